The summed E-state index contributed by atoms with van der Waals surface area (Å²) in [6, 6.07) is 16.9. The highest BCUT2D eigenvalue weighted by Crippen LogP contribution is 2.32. The van der Waals surface area contributed by atoms with Crippen molar-refractivity contribution in [3.05, 3.63) is 77.2 Å². The molecule has 1 aromatic heterocycles. The molecule has 0 saturated heterocycles. The number of methoxy groups -OCH3 is 1. The smallest absolute Gasteiger partial charge is 0.262 e. The third kappa shape index (κ3) is 6.42. The first-order valence-electron chi connectivity index (χ1n) is 11.6. The molecule has 0 radical (unpaired) electrons. The summed E-state index contributed by atoms with van der Waals surface area (Å²) < 4.78 is 39.2. The largest absolute Gasteiger partial charge is 0.495 e. The number of aryl methyl sites for hydroxylation is 2. The number of nitrogens with one attached hydrogen (secondary N) is 3. The van der Waals surface area contributed by atoms with Crippen molar-refractivity contribution in [3.63, 3.8) is 0 Å². The van der Waals surface area contributed by atoms with E-state index in [9.17, 15) is 13.2 Å². The monoisotopic (exact) mass is 552 g/mol. The van der Waals surface area contributed by atoms with Gasteiger partial charge in [-0.1, -0.05) is 12.1 Å². The number of aromatic nitrogens is 1. The van der Waals surface area contributed by atoms with Gasteiger partial charge in [0.2, 0.25) is 0 Å². The van der Waals surface area contributed by atoms with Crippen LogP contribution in [0.5, 0.6) is 11.5 Å². The molecule has 0 aliphatic carbocycles. The molecule has 4 aromatic rings. The van der Waals surface area contributed by atoms with Gasteiger partial charge in [-0.2, -0.15) is 0 Å². The first-order valence-corrected chi connectivity index (χ1v) is 14.0. The van der Waals surface area contributed by atoms with Crippen LogP contribution in [0.3, 0.4) is 0 Å². The summed E-state index contributed by atoms with van der Waals surface area (Å²) in [5, 5.41) is 8.51. The van der Waals surface area contributed by atoms with E-state index in [1.165, 1.54) is 42.7 Å². The summed E-state index contributed by atoms with van der Waals surface area (Å²) >= 11 is 1.48. The van der Waals surface area contributed by atoms with Crippen LogP contribution in [0.4, 0.5) is 16.5 Å². The van der Waals surface area contributed by atoms with Crippen LogP contribution >= 0.6 is 11.3 Å². The van der Waals surface area contributed by atoms with Gasteiger partial charge >= 0.3 is 0 Å². The van der Waals surface area contributed by atoms with Crippen LogP contribution in [-0.2, 0) is 14.8 Å². The molecule has 38 heavy (non-hydrogen) atoms. The van der Waals surface area contributed by atoms with Crippen LogP contribution < -0.4 is 24.8 Å². The molecule has 0 saturated carbocycles. The molecule has 0 bridgehead atoms. The lowest BCUT2D eigenvalue weighted by molar-refractivity contribution is -0.118. The normalized spacial score (nSPS) is 11.1. The number of ether oxygens (including phenoxy) is 2. The highest BCUT2D eigenvalue weighted by molar-refractivity contribution is 7.92. The van der Waals surface area contributed by atoms with E-state index in [2.05, 4.69) is 20.3 Å². The number of hydrogen-bond acceptors (Lipinski definition) is 8. The molecule has 1 amide bonds. The zero-order valence-electron chi connectivity index (χ0n) is 21.4. The van der Waals surface area contributed by atoms with Crippen molar-refractivity contribution in [2.75, 3.05) is 36.1 Å². The molecular formula is C27H28N4O5S2. The van der Waals surface area contributed by atoms with Crippen LogP contribution in [0.2, 0.25) is 0 Å². The number of hydrogen-bond donors (Lipinski definition) is 3. The van der Waals surface area contributed by atoms with Gasteiger partial charge in [0, 0.05) is 18.0 Å². The van der Waals surface area contributed by atoms with E-state index >= 15 is 0 Å². The molecule has 3 N–H and O–H groups in total. The van der Waals surface area contributed by atoms with Gasteiger partial charge in [-0.25, -0.2) is 13.4 Å². The number of benzene rings is 3. The number of thiazole rings is 1. The molecule has 0 aliphatic rings. The van der Waals surface area contributed by atoms with Crippen molar-refractivity contribution in [1.82, 2.24) is 4.98 Å². The second-order valence-electron chi connectivity index (χ2n) is 8.44. The Kier molecular flexibility index (Phi) is 8.18. The van der Waals surface area contributed by atoms with Crippen molar-refractivity contribution in [2.24, 2.45) is 0 Å². The topological polar surface area (TPSA) is 119 Å². The number of nitrogens with zero attached hydrogens (tertiary/aromatic N) is 1. The number of carbonyl (C=O) groups excluding carboxylic acids is 1. The minimum absolute atomic E-state index is 0.0835. The first-order chi connectivity index (χ1) is 18.2. The van der Waals surface area contributed by atoms with Gasteiger partial charge in [-0.15, -0.1) is 11.3 Å². The maximum atomic E-state index is 12.8. The SMILES string of the molecule is CNc1nc(-c2ccc(OC)c(NC(=O)COc3ccc(S(=O)(=O)Nc4cc(C)ccc4C)cc3)c2)cs1. The second-order valence-corrected chi connectivity index (χ2v) is 11.0. The Labute approximate surface area is 225 Å². The number of amides is 1. The van der Waals surface area contributed by atoms with Gasteiger partial charge in [-0.3, -0.25) is 9.52 Å². The summed E-state index contributed by atoms with van der Waals surface area (Å²) in [6.45, 7) is 3.46. The number of carbonyl (C=O) groups is 1. The minimum Gasteiger partial charge on any atom is -0.495 e. The molecule has 0 atom stereocenters. The number of sulfonamides is 1. The Balaban J connectivity index is 1.39. The highest BCUT2D eigenvalue weighted by Gasteiger charge is 2.16. The lowest BCUT2D eigenvalue weighted by Crippen LogP contribution is -2.20. The van der Waals surface area contributed by atoms with Crippen molar-refractivity contribution >= 4 is 43.8 Å². The van der Waals surface area contributed by atoms with E-state index in [0.717, 1.165) is 27.5 Å². The van der Waals surface area contributed by atoms with E-state index in [-0.39, 0.29) is 11.5 Å². The van der Waals surface area contributed by atoms with E-state index in [0.29, 0.717) is 22.9 Å². The molecule has 0 aliphatic heterocycles. The van der Waals surface area contributed by atoms with Crippen molar-refractivity contribution in [2.45, 2.75) is 18.7 Å². The first kappa shape index (κ1) is 27.0. The molecule has 0 fully saturated rings. The molecule has 1 heterocycles. The average molecular weight is 553 g/mol. The van der Waals surface area contributed by atoms with Gasteiger partial charge in [-0.05, 0) is 73.5 Å². The van der Waals surface area contributed by atoms with Crippen LogP contribution in [0.1, 0.15) is 11.1 Å². The summed E-state index contributed by atoms with van der Waals surface area (Å²) in [5.74, 6) is 0.452. The molecule has 198 valence electrons. The molecule has 11 heteroatoms. The molecular weight excluding hydrogens is 524 g/mol. The zero-order chi connectivity index (χ0) is 27.3. The summed E-state index contributed by atoms with van der Waals surface area (Å²) in [4.78, 5) is 17.2. The van der Waals surface area contributed by atoms with E-state index in [1.807, 2.05) is 37.4 Å². The third-order valence-electron chi connectivity index (χ3n) is 5.63. The van der Waals surface area contributed by atoms with E-state index in [4.69, 9.17) is 9.47 Å². The molecule has 9 nitrogen and oxygen atoms in total. The van der Waals surface area contributed by atoms with Crippen LogP contribution in [0, 0.1) is 13.8 Å². The molecule has 0 unspecified atom stereocenters. The van der Waals surface area contributed by atoms with Crippen molar-refractivity contribution in [3.8, 4) is 22.8 Å². The van der Waals surface area contributed by atoms with Gasteiger partial charge in [0.05, 0.1) is 29.1 Å². The van der Waals surface area contributed by atoms with Crippen LogP contribution in [-0.4, -0.2) is 40.1 Å². The zero-order valence-corrected chi connectivity index (χ0v) is 23.0. The Morgan fingerprint density at radius 3 is 2.45 bits per heavy atom. The molecule has 3 aromatic carbocycles. The molecule has 0 spiro atoms. The second kappa shape index (κ2) is 11.5. The Morgan fingerprint density at radius 1 is 1.00 bits per heavy atom. The maximum absolute atomic E-state index is 12.8. The summed E-state index contributed by atoms with van der Waals surface area (Å²) in [7, 11) is -0.458. The Morgan fingerprint density at radius 2 is 1.76 bits per heavy atom. The predicted molar refractivity (Wildman–Crippen MR) is 151 cm³/mol. The maximum Gasteiger partial charge on any atom is 0.262 e. The summed E-state index contributed by atoms with van der Waals surface area (Å²) in [6.07, 6.45) is 0. The van der Waals surface area contributed by atoms with Crippen LogP contribution in [0.25, 0.3) is 11.3 Å². The quantitative estimate of drug-likeness (QED) is 0.244. The van der Waals surface area contributed by atoms with Gasteiger partial charge in [0.25, 0.3) is 15.9 Å². The number of anilines is 3. The number of rotatable bonds is 10. The summed E-state index contributed by atoms with van der Waals surface area (Å²) in [5.41, 5.74) is 4.38. The minimum atomic E-state index is -3.78. The van der Waals surface area contributed by atoms with E-state index < -0.39 is 15.9 Å². The van der Waals surface area contributed by atoms with E-state index in [1.54, 1.807) is 25.2 Å². The Bertz CT molecular complexity index is 1550. The fraction of sp³-hybridized carbons (Fsp3) is 0.185. The van der Waals surface area contributed by atoms with Gasteiger partial charge < -0.3 is 20.1 Å². The van der Waals surface area contributed by atoms with Gasteiger partial charge in [0.1, 0.15) is 11.5 Å². The average Bonchev–Trinajstić information content (AvgIpc) is 3.39. The lowest BCUT2D eigenvalue weighted by Gasteiger charge is -2.13. The van der Waals surface area contributed by atoms with Crippen LogP contribution in [0.15, 0.2) is 70.9 Å². The highest BCUT2D eigenvalue weighted by atomic mass is 32.2. The van der Waals surface area contributed by atoms with Crippen molar-refractivity contribution < 1.29 is 22.7 Å². The predicted octanol–water partition coefficient (Wildman–Crippen LogP) is 5.30. The fourth-order valence-electron chi connectivity index (χ4n) is 3.59. The third-order valence-corrected chi connectivity index (χ3v) is 7.87. The Hall–Kier alpha value is -4.09. The molecule has 4 rings (SSSR count). The standard InChI is InChI=1S/C27H28N4O5S2/c1-17-5-6-18(2)22(13-17)31-38(33,34)21-10-8-20(9-11-21)36-15-26(32)29-23-14-19(7-12-25(23)35-4)24-16-37-27(28-3)30-24/h5-14,16,31H,15H2,1-4H3,(H,28,30)(H,29,32). The fourth-order valence-corrected chi connectivity index (χ4v) is 5.39. The van der Waals surface area contributed by atoms with Crippen molar-refractivity contribution in [1.29, 1.82) is 0 Å². The lowest BCUT2D eigenvalue weighted by atomic mass is 10.1. The van der Waals surface area contributed by atoms with Gasteiger partial charge in [0.15, 0.2) is 11.7 Å².